The van der Waals surface area contributed by atoms with Crippen molar-refractivity contribution in [3.63, 3.8) is 0 Å². The molecule has 0 spiro atoms. The molecule has 0 aliphatic carbocycles. The molecule has 2 aromatic heterocycles. The zero-order valence-corrected chi connectivity index (χ0v) is 26.2. The van der Waals surface area contributed by atoms with E-state index in [1.165, 1.54) is 0 Å². The third-order valence-corrected chi connectivity index (χ3v) is 9.48. The lowest BCUT2D eigenvalue weighted by Crippen LogP contribution is -2.04. The van der Waals surface area contributed by atoms with Crippen LogP contribution in [0.4, 0.5) is 0 Å². The van der Waals surface area contributed by atoms with Gasteiger partial charge in [-0.05, 0) is 74.2 Å². The van der Waals surface area contributed by atoms with Gasteiger partial charge in [-0.15, -0.1) is 0 Å². The lowest BCUT2D eigenvalue weighted by Gasteiger charge is -2.20. The van der Waals surface area contributed by atoms with Gasteiger partial charge in [0.25, 0.3) is 0 Å². The molecule has 0 fully saturated rings. The van der Waals surface area contributed by atoms with Gasteiger partial charge in [0.2, 0.25) is 0 Å². The predicted octanol–water partition coefficient (Wildman–Crippen LogP) is 10.5. The molecule has 0 N–H and O–H groups in total. The zero-order valence-electron chi connectivity index (χ0n) is 26.2. The quantitative estimate of drug-likeness (QED) is 0.206. The van der Waals surface area contributed by atoms with Crippen molar-refractivity contribution in [1.29, 1.82) is 10.5 Å². The van der Waals surface area contributed by atoms with Crippen molar-refractivity contribution in [2.75, 3.05) is 0 Å². The SMILES string of the molecule is Cc1cccc(C)c1-n1c2ccccc2c2cc3c4ccccc4n(-c4c(C)cccc4C)c3c(-c3cccc(C#N)c3C#N)c21. The van der Waals surface area contributed by atoms with Gasteiger partial charge >= 0.3 is 0 Å². The Morgan fingerprint density at radius 1 is 0.478 bits per heavy atom. The first-order valence-electron chi connectivity index (χ1n) is 15.5. The van der Waals surface area contributed by atoms with Crippen LogP contribution in [-0.4, -0.2) is 9.13 Å². The minimum absolute atomic E-state index is 0.370. The third-order valence-electron chi connectivity index (χ3n) is 9.48. The van der Waals surface area contributed by atoms with Gasteiger partial charge in [-0.25, -0.2) is 0 Å². The molecule has 0 amide bonds. The molecule has 0 aliphatic heterocycles. The summed E-state index contributed by atoms with van der Waals surface area (Å²) in [6, 6.07) is 42.7. The van der Waals surface area contributed by atoms with Crippen LogP contribution in [0.3, 0.4) is 0 Å². The van der Waals surface area contributed by atoms with Gasteiger partial charge in [-0.1, -0.05) is 84.9 Å². The van der Waals surface area contributed by atoms with E-state index in [1.807, 2.05) is 12.1 Å². The maximum atomic E-state index is 10.6. The Hall–Kier alpha value is -6.10. The van der Waals surface area contributed by atoms with Crippen molar-refractivity contribution < 1.29 is 0 Å². The second-order valence-electron chi connectivity index (χ2n) is 12.2. The van der Waals surface area contributed by atoms with Crippen LogP contribution >= 0.6 is 0 Å². The number of rotatable bonds is 3. The normalized spacial score (nSPS) is 11.4. The molecule has 2 heterocycles. The number of benzene rings is 6. The zero-order chi connectivity index (χ0) is 31.7. The van der Waals surface area contributed by atoms with E-state index in [0.717, 1.165) is 88.4 Å². The fourth-order valence-electron chi connectivity index (χ4n) is 7.58. The van der Waals surface area contributed by atoms with Crippen LogP contribution in [-0.2, 0) is 0 Å². The van der Waals surface area contributed by atoms with Crippen molar-refractivity contribution in [2.45, 2.75) is 27.7 Å². The van der Waals surface area contributed by atoms with Gasteiger partial charge in [0.05, 0.1) is 44.6 Å². The van der Waals surface area contributed by atoms with E-state index in [1.54, 1.807) is 6.07 Å². The number of hydrogen-bond acceptors (Lipinski definition) is 2. The molecule has 4 heteroatoms. The summed E-state index contributed by atoms with van der Waals surface area (Å²) >= 11 is 0. The highest BCUT2D eigenvalue weighted by Crippen LogP contribution is 2.48. The van der Waals surface area contributed by atoms with Gasteiger partial charge in [0.1, 0.15) is 12.1 Å². The Kier molecular flexibility index (Phi) is 6.11. The summed E-state index contributed by atoms with van der Waals surface area (Å²) in [6.45, 7) is 8.63. The molecule has 0 unspecified atom stereocenters. The van der Waals surface area contributed by atoms with E-state index in [4.69, 9.17) is 0 Å². The summed E-state index contributed by atoms with van der Waals surface area (Å²) in [7, 11) is 0. The minimum Gasteiger partial charge on any atom is -0.308 e. The Morgan fingerprint density at radius 3 is 1.39 bits per heavy atom. The van der Waals surface area contributed by atoms with Crippen LogP contribution in [0.2, 0.25) is 0 Å². The molecule has 8 aromatic rings. The van der Waals surface area contributed by atoms with Gasteiger partial charge in [0, 0.05) is 32.7 Å². The number of aryl methyl sites for hydroxylation is 4. The molecule has 0 bridgehead atoms. The number of hydrogen-bond donors (Lipinski definition) is 0. The topological polar surface area (TPSA) is 57.4 Å². The average molecular weight is 591 g/mol. The number of para-hydroxylation sites is 4. The highest BCUT2D eigenvalue weighted by atomic mass is 15.0. The van der Waals surface area contributed by atoms with Crippen LogP contribution < -0.4 is 0 Å². The van der Waals surface area contributed by atoms with E-state index in [2.05, 4.69) is 140 Å². The molecule has 0 saturated heterocycles. The van der Waals surface area contributed by atoms with E-state index < -0.39 is 0 Å². The van der Waals surface area contributed by atoms with E-state index >= 15 is 0 Å². The highest BCUT2D eigenvalue weighted by Gasteiger charge is 2.27. The van der Waals surface area contributed by atoms with E-state index in [-0.39, 0.29) is 0 Å². The number of fused-ring (bicyclic) bond motifs is 6. The molecular weight excluding hydrogens is 560 g/mol. The Labute approximate surface area is 267 Å². The van der Waals surface area contributed by atoms with Gasteiger partial charge in [-0.3, -0.25) is 0 Å². The predicted molar refractivity (Wildman–Crippen MR) is 189 cm³/mol. The van der Waals surface area contributed by atoms with Gasteiger partial charge in [-0.2, -0.15) is 10.5 Å². The van der Waals surface area contributed by atoms with Crippen molar-refractivity contribution in [3.05, 3.63) is 143 Å². The molecule has 46 heavy (non-hydrogen) atoms. The van der Waals surface area contributed by atoms with Crippen molar-refractivity contribution in [1.82, 2.24) is 9.13 Å². The fourth-order valence-corrected chi connectivity index (χ4v) is 7.58. The molecule has 0 aliphatic rings. The van der Waals surface area contributed by atoms with Gasteiger partial charge < -0.3 is 9.13 Å². The standard InChI is InChI=1S/C42H30N4/c1-25-12-9-13-26(2)39(25)45-36-20-7-5-17-30(36)33-22-34-31-18-6-8-21-37(31)46(40-27(3)14-10-15-28(40)4)42(34)38(41(33)45)32-19-11-16-29(23-43)35(32)24-44/h5-22H,1-4H3. The van der Waals surface area contributed by atoms with Crippen molar-refractivity contribution in [3.8, 4) is 34.6 Å². The summed E-state index contributed by atoms with van der Waals surface area (Å²) in [5.74, 6) is 0. The van der Waals surface area contributed by atoms with E-state index in [9.17, 15) is 10.5 Å². The first-order chi connectivity index (χ1) is 22.4. The molecule has 0 atom stereocenters. The summed E-state index contributed by atoms with van der Waals surface area (Å²) < 4.78 is 4.77. The maximum Gasteiger partial charge on any atom is 0.101 e. The maximum absolute atomic E-state index is 10.6. The van der Waals surface area contributed by atoms with Crippen LogP contribution in [0.5, 0.6) is 0 Å². The molecule has 218 valence electrons. The summed E-state index contributed by atoms with van der Waals surface area (Å²) in [5, 5.41) is 25.3. The number of nitrogens with zero attached hydrogens (tertiary/aromatic N) is 4. The van der Waals surface area contributed by atoms with Crippen molar-refractivity contribution in [2.24, 2.45) is 0 Å². The minimum atomic E-state index is 0.370. The van der Waals surface area contributed by atoms with Crippen LogP contribution in [0.1, 0.15) is 33.4 Å². The molecule has 0 radical (unpaired) electrons. The molecular formula is C42H30N4. The largest absolute Gasteiger partial charge is 0.308 e. The van der Waals surface area contributed by atoms with Crippen LogP contribution in [0, 0.1) is 50.4 Å². The van der Waals surface area contributed by atoms with Crippen LogP contribution in [0.25, 0.3) is 66.1 Å². The Balaban J connectivity index is 1.77. The smallest absolute Gasteiger partial charge is 0.101 e. The van der Waals surface area contributed by atoms with E-state index in [0.29, 0.717) is 11.1 Å². The molecule has 0 saturated carbocycles. The number of nitriles is 2. The average Bonchev–Trinajstić information content (AvgIpc) is 3.56. The molecule has 6 aromatic carbocycles. The molecule has 4 nitrogen and oxygen atoms in total. The second-order valence-corrected chi connectivity index (χ2v) is 12.2. The van der Waals surface area contributed by atoms with Crippen molar-refractivity contribution >= 4 is 43.6 Å². The lowest BCUT2D eigenvalue weighted by molar-refractivity contribution is 1.11. The third kappa shape index (κ3) is 3.71. The fraction of sp³-hybridized carbons (Fsp3) is 0.0952. The Morgan fingerprint density at radius 2 is 0.935 bits per heavy atom. The first kappa shape index (κ1) is 27.4. The summed E-state index contributed by atoms with van der Waals surface area (Å²) in [5.41, 5.74) is 13.6. The monoisotopic (exact) mass is 590 g/mol. The van der Waals surface area contributed by atoms with Gasteiger partial charge in [0.15, 0.2) is 0 Å². The Bertz CT molecular complexity index is 2470. The number of aromatic nitrogens is 2. The molecule has 8 rings (SSSR count). The highest BCUT2D eigenvalue weighted by molar-refractivity contribution is 6.26. The summed E-state index contributed by atoms with van der Waals surface area (Å²) in [6.07, 6.45) is 0. The van der Waals surface area contributed by atoms with Crippen LogP contribution in [0.15, 0.2) is 109 Å². The first-order valence-corrected chi connectivity index (χ1v) is 15.5. The summed E-state index contributed by atoms with van der Waals surface area (Å²) in [4.78, 5) is 0. The lowest BCUT2D eigenvalue weighted by atomic mass is 9.92. The second kappa shape index (κ2) is 10.2.